The SMILES string of the molecule is C/C=C(\C(=O)NC)[C@H](C)C(=O)NC1CC(C#Cc2cncnc2NCNc2cccc(F)c2)C1. The van der Waals surface area contributed by atoms with Crippen molar-refractivity contribution in [2.75, 3.05) is 24.3 Å². The van der Waals surface area contributed by atoms with Gasteiger partial charge in [-0.2, -0.15) is 0 Å². The molecule has 0 aliphatic heterocycles. The van der Waals surface area contributed by atoms with E-state index in [9.17, 15) is 14.0 Å². The molecule has 0 unspecified atom stereocenters. The summed E-state index contributed by atoms with van der Waals surface area (Å²) in [5, 5.41) is 11.8. The highest BCUT2D eigenvalue weighted by atomic mass is 19.1. The molecule has 1 saturated carbocycles. The van der Waals surface area contributed by atoms with Crippen molar-refractivity contribution in [3.8, 4) is 11.8 Å². The number of carbonyl (C=O) groups is 2. The number of benzene rings is 1. The van der Waals surface area contributed by atoms with Crippen molar-refractivity contribution in [3.05, 3.63) is 59.8 Å². The summed E-state index contributed by atoms with van der Waals surface area (Å²) in [7, 11) is 1.55. The molecule has 1 aliphatic carbocycles. The van der Waals surface area contributed by atoms with Gasteiger partial charge in [0.25, 0.3) is 0 Å². The lowest BCUT2D eigenvalue weighted by atomic mass is 9.80. The summed E-state index contributed by atoms with van der Waals surface area (Å²) in [6.07, 6.45) is 6.23. The third kappa shape index (κ3) is 6.54. The molecular weight excluding hydrogens is 435 g/mol. The van der Waals surface area contributed by atoms with Crippen LogP contribution in [0.25, 0.3) is 0 Å². The van der Waals surface area contributed by atoms with Crippen molar-refractivity contribution in [1.29, 1.82) is 0 Å². The van der Waals surface area contributed by atoms with Gasteiger partial charge in [-0.1, -0.05) is 24.0 Å². The fourth-order valence-electron chi connectivity index (χ4n) is 3.61. The maximum atomic E-state index is 13.3. The van der Waals surface area contributed by atoms with Crippen LogP contribution < -0.4 is 21.3 Å². The summed E-state index contributed by atoms with van der Waals surface area (Å²) in [5.41, 5.74) is 1.77. The first-order valence-corrected chi connectivity index (χ1v) is 11.1. The molecule has 178 valence electrons. The molecule has 1 aliphatic rings. The van der Waals surface area contributed by atoms with Gasteiger partial charge in [0.15, 0.2) is 0 Å². The third-order valence-electron chi connectivity index (χ3n) is 5.64. The van der Waals surface area contributed by atoms with Gasteiger partial charge >= 0.3 is 0 Å². The van der Waals surface area contributed by atoms with Crippen LogP contribution in [-0.4, -0.2) is 41.5 Å². The molecule has 3 rings (SSSR count). The predicted molar refractivity (Wildman–Crippen MR) is 129 cm³/mol. The van der Waals surface area contributed by atoms with Crippen LogP contribution in [0.1, 0.15) is 32.3 Å². The van der Waals surface area contributed by atoms with E-state index < -0.39 is 5.92 Å². The minimum Gasteiger partial charge on any atom is -0.368 e. The van der Waals surface area contributed by atoms with E-state index in [1.807, 2.05) is 0 Å². The average molecular weight is 465 g/mol. The van der Waals surface area contributed by atoms with Crippen LogP contribution >= 0.6 is 0 Å². The predicted octanol–water partition coefficient (Wildman–Crippen LogP) is 2.67. The Morgan fingerprint density at radius 2 is 2.09 bits per heavy atom. The Morgan fingerprint density at radius 1 is 1.29 bits per heavy atom. The lowest BCUT2D eigenvalue weighted by molar-refractivity contribution is -0.127. The van der Waals surface area contributed by atoms with Gasteiger partial charge in [0.05, 0.1) is 18.2 Å². The molecule has 1 heterocycles. The summed E-state index contributed by atoms with van der Waals surface area (Å²) in [5.74, 6) is 5.83. The van der Waals surface area contributed by atoms with Crippen molar-refractivity contribution in [2.24, 2.45) is 11.8 Å². The number of hydrogen-bond acceptors (Lipinski definition) is 6. The van der Waals surface area contributed by atoms with Crippen LogP contribution in [0.15, 0.2) is 48.4 Å². The van der Waals surface area contributed by atoms with E-state index in [0.29, 0.717) is 29.3 Å². The van der Waals surface area contributed by atoms with Crippen LogP contribution in [0.5, 0.6) is 0 Å². The Kier molecular flexibility index (Phi) is 8.57. The van der Waals surface area contributed by atoms with Gasteiger partial charge in [-0.25, -0.2) is 14.4 Å². The molecule has 2 aromatic rings. The van der Waals surface area contributed by atoms with Crippen LogP contribution in [-0.2, 0) is 9.59 Å². The highest BCUT2D eigenvalue weighted by Crippen LogP contribution is 2.27. The van der Waals surface area contributed by atoms with E-state index >= 15 is 0 Å². The van der Waals surface area contributed by atoms with Gasteiger partial charge in [-0.15, -0.1) is 0 Å². The largest absolute Gasteiger partial charge is 0.368 e. The number of carbonyl (C=O) groups excluding carboxylic acids is 2. The van der Waals surface area contributed by atoms with Gasteiger partial charge in [-0.05, 0) is 44.9 Å². The molecule has 1 aromatic carbocycles. The lowest BCUT2D eigenvalue weighted by Gasteiger charge is -2.33. The standard InChI is InChI=1S/C25H29FN6O2/c1-4-22(25(34)27-3)16(2)24(33)32-21-10-17(11-21)8-9-18-13-28-14-30-23(18)31-15-29-20-7-5-6-19(26)12-20/h4-7,12-14,16-17,21,29H,10-11,15H2,1-3H3,(H,27,34)(H,32,33)(H,28,30,31)/b22-4-/t16-,17?,21?/m0/s1. The van der Waals surface area contributed by atoms with Crippen LogP contribution in [0.3, 0.4) is 0 Å². The second-order valence-corrected chi connectivity index (χ2v) is 8.01. The summed E-state index contributed by atoms with van der Waals surface area (Å²) in [6, 6.07) is 6.24. The number of rotatable bonds is 8. The minimum atomic E-state index is -0.522. The fourth-order valence-corrected chi connectivity index (χ4v) is 3.61. The second-order valence-electron chi connectivity index (χ2n) is 8.01. The zero-order valence-corrected chi connectivity index (χ0v) is 19.5. The lowest BCUT2D eigenvalue weighted by Crippen LogP contribution is -2.46. The van der Waals surface area contributed by atoms with Crippen molar-refractivity contribution >= 4 is 23.3 Å². The molecule has 8 nitrogen and oxygen atoms in total. The summed E-state index contributed by atoms with van der Waals surface area (Å²) < 4.78 is 13.3. The molecule has 0 bridgehead atoms. The van der Waals surface area contributed by atoms with Gasteiger partial charge in [0.2, 0.25) is 11.8 Å². The monoisotopic (exact) mass is 464 g/mol. The fraction of sp³-hybridized carbons (Fsp3) is 0.360. The number of allylic oxidation sites excluding steroid dienone is 1. The summed E-state index contributed by atoms with van der Waals surface area (Å²) >= 11 is 0. The minimum absolute atomic E-state index is 0.0390. The first-order chi connectivity index (χ1) is 16.4. The zero-order valence-electron chi connectivity index (χ0n) is 19.5. The smallest absolute Gasteiger partial charge is 0.247 e. The van der Waals surface area contributed by atoms with Crippen molar-refractivity contribution in [1.82, 2.24) is 20.6 Å². The van der Waals surface area contributed by atoms with E-state index in [0.717, 1.165) is 12.8 Å². The number of hydrogen-bond donors (Lipinski definition) is 4. The molecule has 9 heteroatoms. The zero-order chi connectivity index (χ0) is 24.5. The van der Waals surface area contributed by atoms with Gasteiger partial charge in [0, 0.05) is 36.5 Å². The molecule has 2 amide bonds. The molecule has 1 aromatic heterocycles. The summed E-state index contributed by atoms with van der Waals surface area (Å²) in [6.45, 7) is 3.81. The Balaban J connectivity index is 1.49. The topological polar surface area (TPSA) is 108 Å². The first kappa shape index (κ1) is 24.7. The molecule has 1 atom stereocenters. The Hall–Kier alpha value is -3.93. The molecular formula is C25H29FN6O2. The maximum absolute atomic E-state index is 13.3. The number of anilines is 2. The van der Waals surface area contributed by atoms with Crippen LogP contribution in [0.2, 0.25) is 0 Å². The van der Waals surface area contributed by atoms with Gasteiger partial charge in [-0.3, -0.25) is 9.59 Å². The highest BCUT2D eigenvalue weighted by Gasteiger charge is 2.31. The van der Waals surface area contributed by atoms with E-state index in [4.69, 9.17) is 0 Å². The van der Waals surface area contributed by atoms with E-state index in [1.165, 1.54) is 18.5 Å². The van der Waals surface area contributed by atoms with Crippen molar-refractivity contribution in [2.45, 2.75) is 32.7 Å². The van der Waals surface area contributed by atoms with Gasteiger partial charge < -0.3 is 21.3 Å². The van der Waals surface area contributed by atoms with E-state index in [2.05, 4.69) is 43.1 Å². The number of nitrogens with one attached hydrogen (secondary N) is 4. The molecule has 34 heavy (non-hydrogen) atoms. The quantitative estimate of drug-likeness (QED) is 0.272. The molecule has 1 fully saturated rings. The van der Waals surface area contributed by atoms with E-state index in [-0.39, 0.29) is 29.6 Å². The van der Waals surface area contributed by atoms with Crippen LogP contribution in [0, 0.1) is 29.5 Å². The maximum Gasteiger partial charge on any atom is 0.247 e. The number of amides is 2. The molecule has 4 N–H and O–H groups in total. The van der Waals surface area contributed by atoms with E-state index in [1.54, 1.807) is 45.3 Å². The Bertz CT molecular complexity index is 1120. The Labute approximate surface area is 198 Å². The number of halogens is 1. The molecule has 0 spiro atoms. The first-order valence-electron chi connectivity index (χ1n) is 11.1. The van der Waals surface area contributed by atoms with Crippen molar-refractivity contribution < 1.29 is 14.0 Å². The average Bonchev–Trinajstić information content (AvgIpc) is 2.81. The number of nitrogens with zero attached hydrogens (tertiary/aromatic N) is 2. The Morgan fingerprint density at radius 3 is 2.79 bits per heavy atom. The van der Waals surface area contributed by atoms with Gasteiger partial charge in [0.1, 0.15) is 18.0 Å². The number of aromatic nitrogens is 2. The van der Waals surface area contributed by atoms with Crippen molar-refractivity contribution in [3.63, 3.8) is 0 Å². The normalized spacial score (nSPS) is 17.9. The third-order valence-corrected chi connectivity index (χ3v) is 5.64. The molecule has 0 radical (unpaired) electrons. The molecule has 0 saturated heterocycles. The summed E-state index contributed by atoms with van der Waals surface area (Å²) in [4.78, 5) is 32.7. The number of likely N-dealkylation sites (N-methyl/N-ethyl adjacent to an activating group) is 1. The second kappa shape index (κ2) is 11.8. The highest BCUT2D eigenvalue weighted by molar-refractivity contribution is 5.99. The van der Waals surface area contributed by atoms with Crippen LogP contribution in [0.4, 0.5) is 15.9 Å².